The molecule has 0 aromatic carbocycles. The van der Waals surface area contributed by atoms with Crippen molar-refractivity contribution in [1.29, 1.82) is 0 Å². The molecule has 18 heavy (non-hydrogen) atoms. The van der Waals surface area contributed by atoms with Gasteiger partial charge in [-0.1, -0.05) is 13.0 Å². The molecule has 3 unspecified atom stereocenters. The lowest BCUT2D eigenvalue weighted by Gasteiger charge is -2.18. The van der Waals surface area contributed by atoms with Crippen LogP contribution in [0.3, 0.4) is 0 Å². The Morgan fingerprint density at radius 3 is 2.89 bits per heavy atom. The molecule has 3 heterocycles. The Kier molecular flexibility index (Phi) is 3.16. The van der Waals surface area contributed by atoms with Gasteiger partial charge >= 0.3 is 0 Å². The van der Waals surface area contributed by atoms with Gasteiger partial charge in [-0.05, 0) is 37.3 Å². The van der Waals surface area contributed by atoms with Crippen molar-refractivity contribution >= 4 is 5.78 Å². The van der Waals surface area contributed by atoms with E-state index in [-0.39, 0.29) is 5.92 Å². The van der Waals surface area contributed by atoms with Gasteiger partial charge in [-0.25, -0.2) is 0 Å². The van der Waals surface area contributed by atoms with Crippen LogP contribution in [0, 0.1) is 5.92 Å². The number of ketones is 1. The summed E-state index contributed by atoms with van der Waals surface area (Å²) in [7, 11) is 0. The highest BCUT2D eigenvalue weighted by Crippen LogP contribution is 2.34. The highest BCUT2D eigenvalue weighted by atomic mass is 16.1. The van der Waals surface area contributed by atoms with Crippen molar-refractivity contribution in [2.45, 2.75) is 51.1 Å². The van der Waals surface area contributed by atoms with Gasteiger partial charge < -0.3 is 5.32 Å². The minimum atomic E-state index is 0.233. The molecule has 3 atom stereocenters. The summed E-state index contributed by atoms with van der Waals surface area (Å²) in [5, 5.41) is 3.52. The van der Waals surface area contributed by atoms with Gasteiger partial charge in [-0.3, -0.25) is 9.78 Å². The largest absolute Gasteiger partial charge is 0.310 e. The summed E-state index contributed by atoms with van der Waals surface area (Å²) in [4.78, 5) is 16.7. The second kappa shape index (κ2) is 4.81. The standard InChI is InChI=1S/C15H20N2O/c1-2-10-3-4-11(16-9-10)8-15(18)13-7-12-5-6-14(13)17-12/h3-4,9,12-14,17H,2,5-8H2,1H3. The van der Waals surface area contributed by atoms with Crippen LogP contribution in [-0.4, -0.2) is 22.9 Å². The minimum absolute atomic E-state index is 0.233. The molecule has 0 spiro atoms. The van der Waals surface area contributed by atoms with Gasteiger partial charge in [-0.15, -0.1) is 0 Å². The number of aryl methyl sites for hydroxylation is 1. The maximum atomic E-state index is 12.3. The Morgan fingerprint density at radius 1 is 1.44 bits per heavy atom. The zero-order valence-electron chi connectivity index (χ0n) is 10.9. The Labute approximate surface area is 108 Å². The van der Waals surface area contributed by atoms with E-state index in [4.69, 9.17) is 0 Å². The van der Waals surface area contributed by atoms with Crippen molar-refractivity contribution in [3.8, 4) is 0 Å². The maximum Gasteiger partial charge on any atom is 0.143 e. The molecule has 0 radical (unpaired) electrons. The van der Waals surface area contributed by atoms with Gasteiger partial charge in [0.15, 0.2) is 0 Å². The molecule has 0 saturated carbocycles. The second-order valence-corrected chi connectivity index (χ2v) is 5.54. The lowest BCUT2D eigenvalue weighted by molar-refractivity contribution is -0.122. The van der Waals surface area contributed by atoms with Gasteiger partial charge in [0.1, 0.15) is 5.78 Å². The molecule has 2 fully saturated rings. The molecule has 1 aromatic rings. The summed E-state index contributed by atoms with van der Waals surface area (Å²) in [6, 6.07) is 5.11. The van der Waals surface area contributed by atoms with Crippen LogP contribution >= 0.6 is 0 Å². The van der Waals surface area contributed by atoms with Crippen LogP contribution in [0.25, 0.3) is 0 Å². The Morgan fingerprint density at radius 2 is 2.33 bits per heavy atom. The van der Waals surface area contributed by atoms with Gasteiger partial charge in [0.2, 0.25) is 0 Å². The van der Waals surface area contributed by atoms with E-state index in [1.165, 1.54) is 18.4 Å². The smallest absolute Gasteiger partial charge is 0.143 e. The topological polar surface area (TPSA) is 42.0 Å². The van der Waals surface area contributed by atoms with Crippen LogP contribution in [0.15, 0.2) is 18.3 Å². The first-order chi connectivity index (χ1) is 8.76. The molecule has 2 aliphatic heterocycles. The first kappa shape index (κ1) is 11.8. The molecular formula is C15H20N2O. The average Bonchev–Trinajstić information content (AvgIpc) is 3.02. The van der Waals surface area contributed by atoms with E-state index >= 15 is 0 Å². The number of hydrogen-bond donors (Lipinski definition) is 1. The first-order valence-electron chi connectivity index (χ1n) is 6.99. The number of rotatable bonds is 4. The van der Waals surface area contributed by atoms with Crippen LogP contribution in [0.2, 0.25) is 0 Å². The zero-order chi connectivity index (χ0) is 12.5. The summed E-state index contributed by atoms with van der Waals surface area (Å²) in [5.74, 6) is 0.600. The number of pyridine rings is 1. The van der Waals surface area contributed by atoms with Crippen molar-refractivity contribution in [3.05, 3.63) is 29.6 Å². The van der Waals surface area contributed by atoms with Gasteiger partial charge in [0.25, 0.3) is 0 Å². The molecule has 1 aromatic heterocycles. The van der Waals surface area contributed by atoms with E-state index in [1.807, 2.05) is 12.3 Å². The fourth-order valence-corrected chi connectivity index (χ4v) is 3.26. The third kappa shape index (κ3) is 2.19. The van der Waals surface area contributed by atoms with Crippen molar-refractivity contribution in [2.75, 3.05) is 0 Å². The van der Waals surface area contributed by atoms with Crippen LogP contribution in [0.1, 0.15) is 37.4 Å². The van der Waals surface area contributed by atoms with Crippen molar-refractivity contribution in [2.24, 2.45) is 5.92 Å². The minimum Gasteiger partial charge on any atom is -0.310 e. The van der Waals surface area contributed by atoms with E-state index < -0.39 is 0 Å². The maximum absolute atomic E-state index is 12.3. The fraction of sp³-hybridized carbons (Fsp3) is 0.600. The molecule has 96 valence electrons. The molecule has 3 heteroatoms. The van der Waals surface area contributed by atoms with Crippen molar-refractivity contribution in [1.82, 2.24) is 10.3 Å². The van der Waals surface area contributed by atoms with Crippen LogP contribution in [0.5, 0.6) is 0 Å². The number of hydrogen-bond acceptors (Lipinski definition) is 3. The predicted octanol–water partition coefficient (Wildman–Crippen LogP) is 1.90. The molecule has 3 nitrogen and oxygen atoms in total. The number of nitrogens with one attached hydrogen (secondary N) is 1. The molecule has 1 N–H and O–H groups in total. The number of fused-ring (bicyclic) bond motifs is 2. The van der Waals surface area contributed by atoms with Crippen LogP contribution in [0.4, 0.5) is 0 Å². The van der Waals surface area contributed by atoms with Gasteiger partial charge in [0, 0.05) is 36.3 Å². The van der Waals surface area contributed by atoms with Gasteiger partial charge in [-0.2, -0.15) is 0 Å². The normalized spacial score (nSPS) is 29.7. The first-order valence-corrected chi connectivity index (χ1v) is 6.99. The lowest BCUT2D eigenvalue weighted by Crippen LogP contribution is -2.29. The second-order valence-electron chi connectivity index (χ2n) is 5.54. The number of aromatic nitrogens is 1. The summed E-state index contributed by atoms with van der Waals surface area (Å²) < 4.78 is 0. The predicted molar refractivity (Wildman–Crippen MR) is 70.4 cm³/mol. The molecule has 2 saturated heterocycles. The Bertz CT molecular complexity index is 440. The monoisotopic (exact) mass is 244 g/mol. The molecule has 3 rings (SSSR count). The summed E-state index contributed by atoms with van der Waals surface area (Å²) >= 11 is 0. The fourth-order valence-electron chi connectivity index (χ4n) is 3.26. The summed E-state index contributed by atoms with van der Waals surface area (Å²) in [6.45, 7) is 2.11. The van der Waals surface area contributed by atoms with Crippen molar-refractivity contribution < 1.29 is 4.79 Å². The molecule has 2 bridgehead atoms. The average molecular weight is 244 g/mol. The highest BCUT2D eigenvalue weighted by Gasteiger charge is 2.42. The quantitative estimate of drug-likeness (QED) is 0.879. The summed E-state index contributed by atoms with van der Waals surface area (Å²) in [6.07, 6.45) is 6.84. The van der Waals surface area contributed by atoms with Crippen molar-refractivity contribution in [3.63, 3.8) is 0 Å². The third-order valence-electron chi connectivity index (χ3n) is 4.36. The van der Waals surface area contributed by atoms with E-state index in [0.717, 1.165) is 18.5 Å². The van der Waals surface area contributed by atoms with Gasteiger partial charge in [0.05, 0.1) is 0 Å². The van der Waals surface area contributed by atoms with Crippen LogP contribution < -0.4 is 5.32 Å². The van der Waals surface area contributed by atoms with E-state index in [1.54, 1.807) is 0 Å². The highest BCUT2D eigenvalue weighted by molar-refractivity contribution is 5.84. The SMILES string of the molecule is CCc1ccc(CC(=O)C2CC3CCC2N3)nc1. The number of carbonyl (C=O) groups excluding carboxylic acids is 1. The third-order valence-corrected chi connectivity index (χ3v) is 4.36. The zero-order valence-corrected chi connectivity index (χ0v) is 10.9. The summed E-state index contributed by atoms with van der Waals surface area (Å²) in [5.41, 5.74) is 2.15. The van der Waals surface area contributed by atoms with E-state index in [0.29, 0.717) is 24.3 Å². The van der Waals surface area contributed by atoms with E-state index in [9.17, 15) is 4.79 Å². The van der Waals surface area contributed by atoms with E-state index in [2.05, 4.69) is 23.3 Å². The van der Waals surface area contributed by atoms with Crippen LogP contribution in [-0.2, 0) is 17.6 Å². The molecule has 0 amide bonds. The Hall–Kier alpha value is -1.22. The number of carbonyl (C=O) groups is 1. The number of Topliss-reactive ketones (excluding diaryl/α,β-unsaturated/α-hetero) is 1. The Balaban J connectivity index is 1.63. The molecule has 2 aliphatic rings. The lowest BCUT2D eigenvalue weighted by atomic mass is 9.84. The molecule has 0 aliphatic carbocycles. The molecular weight excluding hydrogens is 224 g/mol. The number of nitrogens with zero attached hydrogens (tertiary/aromatic N) is 1.